The summed E-state index contributed by atoms with van der Waals surface area (Å²) in [5, 5.41) is 0. The Hall–Kier alpha value is -0.530. The van der Waals surface area contributed by atoms with Gasteiger partial charge in [0.2, 0.25) is 5.91 Å². The van der Waals surface area contributed by atoms with Gasteiger partial charge in [0.15, 0.2) is 0 Å². The average Bonchev–Trinajstić information content (AvgIpc) is 3.03. The molecule has 30 heavy (non-hydrogen) atoms. The number of nitrogens with zero attached hydrogens (tertiary/aromatic N) is 1. The monoisotopic (exact) mass is 415 g/mol. The first-order chi connectivity index (χ1) is 14.1. The molecule has 2 heteroatoms. The highest BCUT2D eigenvalue weighted by atomic mass is 16.2. The SMILES string of the molecule is CC(C)CCC[C@@H](C)[C@H]1CCC2C3C(CC[C@@]21C)[C@@]1(C)CCC(=O)N(C)[C@@H]1C[C@@H]3C. The minimum Gasteiger partial charge on any atom is -0.342 e. The van der Waals surface area contributed by atoms with Crippen molar-refractivity contribution in [3.05, 3.63) is 0 Å². The van der Waals surface area contributed by atoms with Crippen LogP contribution in [0.1, 0.15) is 106 Å². The van der Waals surface area contributed by atoms with Crippen LogP contribution in [0.5, 0.6) is 0 Å². The van der Waals surface area contributed by atoms with E-state index in [9.17, 15) is 4.79 Å². The Morgan fingerprint density at radius 2 is 1.70 bits per heavy atom. The molecule has 4 aliphatic rings. The minimum atomic E-state index is 0.349. The highest BCUT2D eigenvalue weighted by molar-refractivity contribution is 5.77. The van der Waals surface area contributed by atoms with Gasteiger partial charge >= 0.3 is 0 Å². The summed E-state index contributed by atoms with van der Waals surface area (Å²) in [6.07, 6.45) is 13.2. The van der Waals surface area contributed by atoms with Crippen LogP contribution in [0.3, 0.4) is 0 Å². The molecular formula is C28H49NO. The molecule has 0 radical (unpaired) electrons. The van der Waals surface area contributed by atoms with Gasteiger partial charge in [-0.15, -0.1) is 0 Å². The van der Waals surface area contributed by atoms with Gasteiger partial charge < -0.3 is 4.90 Å². The lowest BCUT2D eigenvalue weighted by Crippen LogP contribution is -2.63. The molecule has 0 spiro atoms. The van der Waals surface area contributed by atoms with E-state index in [4.69, 9.17) is 0 Å². The van der Waals surface area contributed by atoms with Crippen LogP contribution in [0, 0.1) is 52.3 Å². The Bertz CT molecular complexity index is 643. The van der Waals surface area contributed by atoms with Crippen LogP contribution in [0.15, 0.2) is 0 Å². The van der Waals surface area contributed by atoms with Crippen molar-refractivity contribution in [2.45, 2.75) is 112 Å². The van der Waals surface area contributed by atoms with E-state index in [0.29, 0.717) is 22.8 Å². The Morgan fingerprint density at radius 3 is 2.40 bits per heavy atom. The molecule has 172 valence electrons. The molecule has 0 bridgehead atoms. The lowest BCUT2D eigenvalue weighted by molar-refractivity contribution is -0.167. The molecule has 0 aromatic heterocycles. The van der Waals surface area contributed by atoms with Crippen molar-refractivity contribution in [2.75, 3.05) is 7.05 Å². The van der Waals surface area contributed by atoms with E-state index in [0.717, 1.165) is 54.3 Å². The number of rotatable bonds is 5. The van der Waals surface area contributed by atoms with Gasteiger partial charge in [-0.2, -0.15) is 0 Å². The second kappa shape index (κ2) is 8.11. The van der Waals surface area contributed by atoms with E-state index in [1.807, 2.05) is 0 Å². The summed E-state index contributed by atoms with van der Waals surface area (Å²) < 4.78 is 0. The summed E-state index contributed by atoms with van der Waals surface area (Å²) in [7, 11) is 2.09. The number of hydrogen-bond donors (Lipinski definition) is 0. The molecule has 4 fully saturated rings. The minimum absolute atomic E-state index is 0.349. The number of carbonyl (C=O) groups is 1. The number of fused-ring (bicyclic) bond motifs is 5. The van der Waals surface area contributed by atoms with E-state index in [1.54, 1.807) is 0 Å². The first-order valence-corrected chi connectivity index (χ1v) is 13.3. The summed E-state index contributed by atoms with van der Waals surface area (Å²) in [4.78, 5) is 14.6. The van der Waals surface area contributed by atoms with Crippen molar-refractivity contribution in [3.63, 3.8) is 0 Å². The quantitative estimate of drug-likeness (QED) is 0.466. The Balaban J connectivity index is 1.53. The maximum atomic E-state index is 12.5. The fourth-order valence-corrected chi connectivity index (χ4v) is 9.49. The van der Waals surface area contributed by atoms with Gasteiger partial charge in [0.25, 0.3) is 0 Å². The predicted octanol–water partition coefficient (Wildman–Crippen LogP) is 7.17. The summed E-state index contributed by atoms with van der Waals surface area (Å²) in [5.41, 5.74) is 0.911. The molecule has 1 heterocycles. The molecule has 3 aliphatic carbocycles. The smallest absolute Gasteiger partial charge is 0.222 e. The summed E-state index contributed by atoms with van der Waals surface area (Å²) >= 11 is 0. The van der Waals surface area contributed by atoms with Gasteiger partial charge in [-0.25, -0.2) is 0 Å². The molecule has 4 rings (SSSR count). The van der Waals surface area contributed by atoms with Gasteiger partial charge in [0.1, 0.15) is 0 Å². The van der Waals surface area contributed by atoms with E-state index < -0.39 is 0 Å². The standard InChI is InChI=1S/C28H49NO/c1-18(2)9-8-10-19(3)21-11-12-22-26-20(4)17-24-28(6,16-14-25(30)29(24)7)23(26)13-15-27(21,22)5/h18-24,26H,8-17H2,1-7H3/t19-,20+,21-,22?,23?,24-,26?,27-,28-/m1/s1. The second-order valence-corrected chi connectivity index (χ2v) is 13.1. The Labute approximate surface area is 186 Å². The largest absolute Gasteiger partial charge is 0.342 e. The normalized spacial score (nSPS) is 47.1. The predicted molar refractivity (Wildman–Crippen MR) is 126 cm³/mol. The Kier molecular flexibility index (Phi) is 6.12. The summed E-state index contributed by atoms with van der Waals surface area (Å²) in [6.45, 7) is 15.1. The van der Waals surface area contributed by atoms with Crippen molar-refractivity contribution < 1.29 is 4.79 Å². The van der Waals surface area contributed by atoms with Gasteiger partial charge in [0.05, 0.1) is 0 Å². The molecule has 0 aromatic rings. The summed E-state index contributed by atoms with van der Waals surface area (Å²) in [6, 6.07) is 0.478. The van der Waals surface area contributed by atoms with Crippen LogP contribution >= 0.6 is 0 Å². The third-order valence-corrected chi connectivity index (χ3v) is 11.1. The van der Waals surface area contributed by atoms with E-state index in [2.05, 4.69) is 53.5 Å². The highest BCUT2D eigenvalue weighted by Gasteiger charge is 2.63. The number of amides is 1. The van der Waals surface area contributed by atoms with E-state index in [-0.39, 0.29) is 0 Å². The van der Waals surface area contributed by atoms with Crippen molar-refractivity contribution in [1.29, 1.82) is 0 Å². The van der Waals surface area contributed by atoms with E-state index in [1.165, 1.54) is 51.4 Å². The molecule has 3 saturated carbocycles. The number of likely N-dealkylation sites (tertiary alicyclic amines) is 1. The topological polar surface area (TPSA) is 20.3 Å². The highest BCUT2D eigenvalue weighted by Crippen LogP contribution is 2.68. The van der Waals surface area contributed by atoms with Crippen LogP contribution in [0.25, 0.3) is 0 Å². The molecule has 9 atom stereocenters. The molecule has 1 amide bonds. The first kappa shape index (κ1) is 22.7. The fraction of sp³-hybridized carbons (Fsp3) is 0.964. The average molecular weight is 416 g/mol. The van der Waals surface area contributed by atoms with Crippen molar-refractivity contribution >= 4 is 5.91 Å². The third-order valence-electron chi connectivity index (χ3n) is 11.1. The molecule has 0 N–H and O–H groups in total. The maximum Gasteiger partial charge on any atom is 0.222 e. The van der Waals surface area contributed by atoms with Gasteiger partial charge in [-0.05, 0) is 90.8 Å². The van der Waals surface area contributed by atoms with Crippen LogP contribution < -0.4 is 0 Å². The van der Waals surface area contributed by atoms with Gasteiger partial charge in [0, 0.05) is 19.5 Å². The number of carbonyl (C=O) groups excluding carboxylic acids is 1. The van der Waals surface area contributed by atoms with Crippen LogP contribution in [0.4, 0.5) is 0 Å². The number of piperidine rings is 1. The number of hydrogen-bond acceptors (Lipinski definition) is 1. The lowest BCUT2D eigenvalue weighted by atomic mass is 9.44. The molecule has 3 unspecified atom stereocenters. The van der Waals surface area contributed by atoms with Gasteiger partial charge in [-0.1, -0.05) is 60.8 Å². The molecule has 1 saturated heterocycles. The fourth-order valence-electron chi connectivity index (χ4n) is 9.49. The zero-order valence-corrected chi connectivity index (χ0v) is 21.0. The summed E-state index contributed by atoms with van der Waals surface area (Å²) in [5.74, 6) is 6.46. The zero-order valence-electron chi connectivity index (χ0n) is 21.0. The lowest BCUT2D eigenvalue weighted by Gasteiger charge is -2.64. The van der Waals surface area contributed by atoms with Crippen molar-refractivity contribution in [3.8, 4) is 0 Å². The second-order valence-electron chi connectivity index (χ2n) is 13.1. The Morgan fingerprint density at radius 1 is 1.00 bits per heavy atom. The molecule has 1 aliphatic heterocycles. The maximum absolute atomic E-state index is 12.5. The first-order valence-electron chi connectivity index (χ1n) is 13.3. The van der Waals surface area contributed by atoms with Crippen LogP contribution in [-0.2, 0) is 4.79 Å². The van der Waals surface area contributed by atoms with E-state index >= 15 is 0 Å². The van der Waals surface area contributed by atoms with Crippen molar-refractivity contribution in [2.24, 2.45) is 52.3 Å². The molecule has 2 nitrogen and oxygen atoms in total. The van der Waals surface area contributed by atoms with Crippen LogP contribution in [-0.4, -0.2) is 23.9 Å². The zero-order chi connectivity index (χ0) is 21.8. The van der Waals surface area contributed by atoms with Crippen molar-refractivity contribution in [1.82, 2.24) is 4.90 Å². The van der Waals surface area contributed by atoms with Gasteiger partial charge in [-0.3, -0.25) is 4.79 Å². The van der Waals surface area contributed by atoms with Crippen LogP contribution in [0.2, 0.25) is 0 Å². The molecular weight excluding hydrogens is 366 g/mol. The molecule has 0 aromatic carbocycles. The third kappa shape index (κ3) is 3.47.